The number of nitrogens with zero attached hydrogens (tertiary/aromatic N) is 1. The van der Waals surface area contributed by atoms with E-state index >= 15 is 0 Å². The summed E-state index contributed by atoms with van der Waals surface area (Å²) in [6, 6.07) is 0. The Hall–Kier alpha value is -1.35. The summed E-state index contributed by atoms with van der Waals surface area (Å²) >= 11 is 0. The van der Waals surface area contributed by atoms with Crippen molar-refractivity contribution in [3.63, 3.8) is 0 Å². The number of rotatable bonds is 8. The smallest absolute Gasteiger partial charge is 0.242 e. The van der Waals surface area contributed by atoms with Crippen molar-refractivity contribution in [3.8, 4) is 0 Å². The predicted molar refractivity (Wildman–Crippen MR) is 89.3 cm³/mol. The summed E-state index contributed by atoms with van der Waals surface area (Å²) in [5.74, 6) is 0.384. The van der Waals surface area contributed by atoms with Crippen molar-refractivity contribution < 1.29 is 13.2 Å². The molecule has 8 nitrogen and oxygen atoms in total. The van der Waals surface area contributed by atoms with Crippen LogP contribution in [0.25, 0.3) is 0 Å². The van der Waals surface area contributed by atoms with Gasteiger partial charge in [-0.25, -0.2) is 18.1 Å². The Kier molecular flexibility index (Phi) is 9.03. The summed E-state index contributed by atoms with van der Waals surface area (Å²) in [5.41, 5.74) is -0.282. The zero-order valence-corrected chi connectivity index (χ0v) is 14.9. The lowest BCUT2D eigenvalue weighted by atomic mass is 10.1. The Morgan fingerprint density at radius 3 is 2.27 bits per heavy atom. The van der Waals surface area contributed by atoms with Gasteiger partial charge in [0, 0.05) is 25.2 Å². The Morgan fingerprint density at radius 1 is 1.14 bits per heavy atom. The second-order valence-electron chi connectivity index (χ2n) is 5.94. The number of hydrogen-bond acceptors (Lipinski definition) is 4. The minimum absolute atomic E-state index is 0.0359. The Balaban J connectivity index is 4.19. The highest BCUT2D eigenvalue weighted by Gasteiger charge is 2.13. The number of amides is 1. The molecule has 0 aliphatic rings. The van der Waals surface area contributed by atoms with Crippen LogP contribution in [0.5, 0.6) is 0 Å². The van der Waals surface area contributed by atoms with Crippen molar-refractivity contribution in [1.29, 1.82) is 0 Å². The molecule has 0 unspecified atom stereocenters. The van der Waals surface area contributed by atoms with Gasteiger partial charge in [-0.2, -0.15) is 0 Å². The average molecular weight is 335 g/mol. The molecule has 0 aromatic heterocycles. The minimum Gasteiger partial charge on any atom is -0.357 e. The molecular formula is C13H29N5O3S. The quantitative estimate of drug-likeness (QED) is 0.269. The van der Waals surface area contributed by atoms with Gasteiger partial charge in [0.25, 0.3) is 0 Å². The molecule has 0 bridgehead atoms. The fourth-order valence-electron chi connectivity index (χ4n) is 1.50. The molecule has 0 spiro atoms. The van der Waals surface area contributed by atoms with Crippen molar-refractivity contribution in [2.24, 2.45) is 4.99 Å². The van der Waals surface area contributed by atoms with E-state index in [1.807, 2.05) is 27.7 Å². The molecule has 0 aliphatic carbocycles. The fraction of sp³-hybridized carbons (Fsp3) is 0.846. The zero-order chi connectivity index (χ0) is 17.2. The van der Waals surface area contributed by atoms with Crippen LogP contribution in [0.2, 0.25) is 0 Å². The van der Waals surface area contributed by atoms with Gasteiger partial charge >= 0.3 is 0 Å². The molecule has 9 heteroatoms. The predicted octanol–water partition coefficient (Wildman–Crippen LogP) is -0.604. The van der Waals surface area contributed by atoms with E-state index in [1.54, 1.807) is 0 Å². The van der Waals surface area contributed by atoms with Crippen LogP contribution in [0, 0.1) is 0 Å². The molecule has 22 heavy (non-hydrogen) atoms. The minimum atomic E-state index is -3.15. The summed E-state index contributed by atoms with van der Waals surface area (Å²) in [6.07, 6.45) is 1.74. The van der Waals surface area contributed by atoms with Crippen molar-refractivity contribution >= 4 is 21.9 Å². The van der Waals surface area contributed by atoms with E-state index in [2.05, 4.69) is 25.7 Å². The maximum atomic E-state index is 11.7. The first kappa shape index (κ1) is 20.6. The van der Waals surface area contributed by atoms with E-state index < -0.39 is 10.0 Å². The van der Waals surface area contributed by atoms with Gasteiger partial charge < -0.3 is 16.0 Å². The molecule has 0 heterocycles. The number of nitrogens with one attached hydrogen (secondary N) is 4. The summed E-state index contributed by atoms with van der Waals surface area (Å²) in [5, 5.41) is 8.91. The van der Waals surface area contributed by atoms with Crippen LogP contribution < -0.4 is 20.7 Å². The number of carbonyl (C=O) groups excluding carboxylic acids is 1. The Bertz CT molecular complexity index is 469. The fourth-order valence-corrected chi connectivity index (χ4v) is 2.02. The van der Waals surface area contributed by atoms with Crippen LogP contribution in [0.3, 0.4) is 0 Å². The first-order valence-corrected chi connectivity index (χ1v) is 9.20. The van der Waals surface area contributed by atoms with Gasteiger partial charge in [-0.05, 0) is 34.1 Å². The average Bonchev–Trinajstić information content (AvgIpc) is 2.31. The largest absolute Gasteiger partial charge is 0.357 e. The normalized spacial score (nSPS) is 12.9. The van der Waals surface area contributed by atoms with E-state index in [-0.39, 0.29) is 18.0 Å². The van der Waals surface area contributed by atoms with E-state index in [0.29, 0.717) is 32.0 Å². The zero-order valence-electron chi connectivity index (χ0n) is 14.1. The van der Waals surface area contributed by atoms with E-state index in [9.17, 15) is 13.2 Å². The third-order valence-electron chi connectivity index (χ3n) is 2.25. The van der Waals surface area contributed by atoms with Crippen LogP contribution in [-0.2, 0) is 14.8 Å². The van der Waals surface area contributed by atoms with E-state index in [4.69, 9.17) is 0 Å². The van der Waals surface area contributed by atoms with Gasteiger partial charge in [0.05, 0.1) is 6.26 Å². The van der Waals surface area contributed by atoms with Gasteiger partial charge in [-0.15, -0.1) is 0 Å². The molecule has 4 N–H and O–H groups in total. The molecule has 0 saturated carbocycles. The summed E-state index contributed by atoms with van der Waals surface area (Å²) in [4.78, 5) is 15.9. The molecule has 0 saturated heterocycles. The SMILES string of the molecule is CCNC(=NCC(=O)NC(C)(C)C)NCCCNS(C)(=O)=O. The first-order valence-electron chi connectivity index (χ1n) is 7.31. The molecule has 0 atom stereocenters. The number of guanidine groups is 1. The van der Waals surface area contributed by atoms with E-state index in [1.165, 1.54) is 0 Å². The number of hydrogen-bond donors (Lipinski definition) is 4. The summed E-state index contributed by atoms with van der Waals surface area (Å²) in [7, 11) is -3.15. The third-order valence-corrected chi connectivity index (χ3v) is 2.98. The van der Waals surface area contributed by atoms with Crippen molar-refractivity contribution in [1.82, 2.24) is 20.7 Å². The molecule has 0 aliphatic heterocycles. The molecule has 0 aromatic carbocycles. The lowest BCUT2D eigenvalue weighted by Crippen LogP contribution is -2.43. The van der Waals surface area contributed by atoms with Crippen molar-refractivity contribution in [3.05, 3.63) is 0 Å². The summed E-state index contributed by atoms with van der Waals surface area (Å²) in [6.45, 7) is 9.28. The lowest BCUT2D eigenvalue weighted by molar-refractivity contribution is -0.121. The van der Waals surface area contributed by atoms with Gasteiger partial charge in [-0.1, -0.05) is 0 Å². The third kappa shape index (κ3) is 13.6. The molecule has 0 rings (SSSR count). The van der Waals surface area contributed by atoms with Crippen molar-refractivity contribution in [2.45, 2.75) is 39.7 Å². The van der Waals surface area contributed by atoms with Crippen molar-refractivity contribution in [2.75, 3.05) is 32.4 Å². The second kappa shape index (κ2) is 9.62. The highest BCUT2D eigenvalue weighted by molar-refractivity contribution is 7.88. The van der Waals surface area contributed by atoms with Crippen LogP contribution >= 0.6 is 0 Å². The molecular weight excluding hydrogens is 306 g/mol. The molecule has 0 fully saturated rings. The van der Waals surface area contributed by atoms with E-state index in [0.717, 1.165) is 6.26 Å². The van der Waals surface area contributed by atoms with Crippen LogP contribution in [0.4, 0.5) is 0 Å². The standard InChI is InChI=1S/C13H29N5O3S/c1-6-14-12(15-8-7-9-17-22(5,20)21)16-10-11(19)18-13(2,3)4/h17H,6-10H2,1-5H3,(H,18,19)(H2,14,15,16). The van der Waals surface area contributed by atoms with Crippen LogP contribution in [0.1, 0.15) is 34.1 Å². The van der Waals surface area contributed by atoms with Crippen LogP contribution in [-0.4, -0.2) is 58.3 Å². The molecule has 0 radical (unpaired) electrons. The van der Waals surface area contributed by atoms with Gasteiger partial charge in [0.1, 0.15) is 6.54 Å². The van der Waals surface area contributed by atoms with Gasteiger partial charge in [0.15, 0.2) is 5.96 Å². The Labute approximate surface area is 133 Å². The Morgan fingerprint density at radius 2 is 1.77 bits per heavy atom. The highest BCUT2D eigenvalue weighted by Crippen LogP contribution is 1.97. The lowest BCUT2D eigenvalue weighted by Gasteiger charge is -2.20. The summed E-state index contributed by atoms with van der Waals surface area (Å²) < 4.78 is 24.2. The van der Waals surface area contributed by atoms with Crippen LogP contribution in [0.15, 0.2) is 4.99 Å². The molecule has 130 valence electrons. The first-order chi connectivity index (χ1) is 10.0. The monoisotopic (exact) mass is 335 g/mol. The second-order valence-corrected chi connectivity index (χ2v) is 7.77. The number of carbonyl (C=O) groups is 1. The maximum Gasteiger partial charge on any atom is 0.242 e. The van der Waals surface area contributed by atoms with Gasteiger partial charge in [0.2, 0.25) is 15.9 Å². The maximum absolute atomic E-state index is 11.7. The number of sulfonamides is 1. The topological polar surface area (TPSA) is 112 Å². The van der Waals surface area contributed by atoms with Gasteiger partial charge in [-0.3, -0.25) is 4.79 Å². The molecule has 0 aromatic rings. The highest BCUT2D eigenvalue weighted by atomic mass is 32.2. The number of aliphatic imine (C=N–C) groups is 1. The molecule has 1 amide bonds.